The Bertz CT molecular complexity index is 937. The molecular formula is C24H27N3O3S. The zero-order chi connectivity index (χ0) is 22.1. The fraction of sp³-hybridized carbons (Fsp3) is 0.292. The van der Waals surface area contributed by atoms with Gasteiger partial charge in [-0.25, -0.2) is 0 Å². The molecule has 0 aliphatic heterocycles. The molecule has 0 aliphatic rings. The Hall–Kier alpha value is -3.06. The topological polar surface area (TPSA) is 84.2 Å². The quantitative estimate of drug-likeness (QED) is 0.492. The van der Waals surface area contributed by atoms with E-state index in [1.165, 1.54) is 22.9 Å². The Morgan fingerprint density at radius 2 is 1.65 bits per heavy atom. The SMILES string of the molecule is Cc1cc(NC(=O)C(C)SCC(=O)NCCC(c2ccccc2)c2ccccc2)no1. The number of carbonyl (C=O) groups is 2. The van der Waals surface area contributed by atoms with Crippen molar-refractivity contribution in [3.63, 3.8) is 0 Å². The molecule has 2 amide bonds. The van der Waals surface area contributed by atoms with E-state index in [9.17, 15) is 9.59 Å². The molecule has 1 unspecified atom stereocenters. The van der Waals surface area contributed by atoms with E-state index in [-0.39, 0.29) is 28.7 Å². The van der Waals surface area contributed by atoms with Crippen LogP contribution in [0.15, 0.2) is 71.3 Å². The molecular weight excluding hydrogens is 410 g/mol. The lowest BCUT2D eigenvalue weighted by atomic mass is 9.88. The van der Waals surface area contributed by atoms with Crippen LogP contribution in [0.25, 0.3) is 0 Å². The highest BCUT2D eigenvalue weighted by Gasteiger charge is 2.18. The molecule has 31 heavy (non-hydrogen) atoms. The summed E-state index contributed by atoms with van der Waals surface area (Å²) in [5, 5.41) is 9.03. The van der Waals surface area contributed by atoms with Crippen molar-refractivity contribution < 1.29 is 14.1 Å². The summed E-state index contributed by atoms with van der Waals surface area (Å²) in [6.07, 6.45) is 0.798. The second-order valence-electron chi connectivity index (χ2n) is 7.28. The lowest BCUT2D eigenvalue weighted by Crippen LogP contribution is -2.30. The summed E-state index contributed by atoms with van der Waals surface area (Å²) in [6, 6.07) is 22.3. The lowest BCUT2D eigenvalue weighted by molar-refractivity contribution is -0.118. The van der Waals surface area contributed by atoms with Crippen molar-refractivity contribution >= 4 is 29.4 Å². The number of aryl methyl sites for hydroxylation is 1. The van der Waals surface area contributed by atoms with Gasteiger partial charge in [-0.2, -0.15) is 0 Å². The fourth-order valence-corrected chi connectivity index (χ4v) is 3.95. The summed E-state index contributed by atoms with van der Waals surface area (Å²) >= 11 is 1.29. The van der Waals surface area contributed by atoms with Gasteiger partial charge in [-0.1, -0.05) is 65.8 Å². The predicted molar refractivity (Wildman–Crippen MR) is 124 cm³/mol. The highest BCUT2D eigenvalue weighted by atomic mass is 32.2. The smallest absolute Gasteiger partial charge is 0.238 e. The van der Waals surface area contributed by atoms with Crippen LogP contribution in [-0.2, 0) is 9.59 Å². The number of amides is 2. The van der Waals surface area contributed by atoms with Crippen LogP contribution in [0.2, 0.25) is 0 Å². The molecule has 1 heterocycles. The first-order valence-corrected chi connectivity index (χ1v) is 11.3. The van der Waals surface area contributed by atoms with Crippen LogP contribution in [0.4, 0.5) is 5.82 Å². The molecule has 2 aromatic carbocycles. The largest absolute Gasteiger partial charge is 0.360 e. The van der Waals surface area contributed by atoms with Gasteiger partial charge >= 0.3 is 0 Å². The Morgan fingerprint density at radius 1 is 1.03 bits per heavy atom. The molecule has 6 nitrogen and oxygen atoms in total. The molecule has 0 fully saturated rings. The van der Waals surface area contributed by atoms with Gasteiger partial charge in [0.2, 0.25) is 11.8 Å². The normalized spacial score (nSPS) is 11.8. The zero-order valence-corrected chi connectivity index (χ0v) is 18.5. The molecule has 0 saturated heterocycles. The van der Waals surface area contributed by atoms with E-state index >= 15 is 0 Å². The van der Waals surface area contributed by atoms with Gasteiger partial charge in [0.1, 0.15) is 5.76 Å². The van der Waals surface area contributed by atoms with Gasteiger partial charge < -0.3 is 15.2 Å². The van der Waals surface area contributed by atoms with E-state index < -0.39 is 0 Å². The van der Waals surface area contributed by atoms with Gasteiger partial charge in [-0.05, 0) is 31.4 Å². The molecule has 1 aromatic heterocycles. The lowest BCUT2D eigenvalue weighted by Gasteiger charge is -2.18. The van der Waals surface area contributed by atoms with Gasteiger partial charge in [0.25, 0.3) is 0 Å². The minimum absolute atomic E-state index is 0.0817. The van der Waals surface area contributed by atoms with Crippen LogP contribution in [0, 0.1) is 6.92 Å². The minimum atomic E-state index is -0.385. The van der Waals surface area contributed by atoms with Gasteiger partial charge in [-0.3, -0.25) is 9.59 Å². The summed E-state index contributed by atoms with van der Waals surface area (Å²) in [6.45, 7) is 4.08. The van der Waals surface area contributed by atoms with Crippen LogP contribution < -0.4 is 10.6 Å². The first kappa shape index (κ1) is 22.6. The highest BCUT2D eigenvalue weighted by Crippen LogP contribution is 2.27. The first-order valence-electron chi connectivity index (χ1n) is 10.3. The van der Waals surface area contributed by atoms with E-state index in [4.69, 9.17) is 4.52 Å². The van der Waals surface area contributed by atoms with E-state index in [2.05, 4.69) is 40.1 Å². The number of aromatic nitrogens is 1. The molecule has 7 heteroatoms. The van der Waals surface area contributed by atoms with Crippen LogP contribution in [0.3, 0.4) is 0 Å². The van der Waals surface area contributed by atoms with E-state index in [0.29, 0.717) is 18.1 Å². The van der Waals surface area contributed by atoms with Crippen molar-refractivity contribution in [1.29, 1.82) is 0 Å². The van der Waals surface area contributed by atoms with Crippen LogP contribution in [0.5, 0.6) is 0 Å². The van der Waals surface area contributed by atoms with Crippen LogP contribution >= 0.6 is 11.8 Å². The molecule has 0 aliphatic carbocycles. The number of benzene rings is 2. The number of thioether (sulfide) groups is 1. The van der Waals surface area contributed by atoms with Crippen molar-refractivity contribution in [3.05, 3.63) is 83.6 Å². The molecule has 1 atom stereocenters. The Labute approximate surface area is 186 Å². The third-order valence-electron chi connectivity index (χ3n) is 4.87. The molecule has 3 rings (SSSR count). The third kappa shape index (κ3) is 7.00. The highest BCUT2D eigenvalue weighted by molar-refractivity contribution is 8.01. The van der Waals surface area contributed by atoms with Crippen LogP contribution in [0.1, 0.15) is 36.1 Å². The molecule has 0 bridgehead atoms. The van der Waals surface area contributed by atoms with E-state index in [1.54, 1.807) is 19.9 Å². The number of hydrogen-bond acceptors (Lipinski definition) is 5. The van der Waals surface area contributed by atoms with Crippen molar-refractivity contribution in [2.24, 2.45) is 0 Å². The average molecular weight is 438 g/mol. The maximum Gasteiger partial charge on any atom is 0.238 e. The van der Waals surface area contributed by atoms with Crippen molar-refractivity contribution in [3.8, 4) is 0 Å². The van der Waals surface area contributed by atoms with E-state index in [0.717, 1.165) is 6.42 Å². The summed E-state index contributed by atoms with van der Waals surface area (Å²) in [5.41, 5.74) is 2.46. The number of carbonyl (C=O) groups excluding carboxylic acids is 2. The van der Waals surface area contributed by atoms with Crippen molar-refractivity contribution in [2.75, 3.05) is 17.6 Å². The first-order chi connectivity index (χ1) is 15.0. The van der Waals surface area contributed by atoms with Crippen molar-refractivity contribution in [1.82, 2.24) is 10.5 Å². The van der Waals surface area contributed by atoms with Crippen molar-refractivity contribution in [2.45, 2.75) is 31.4 Å². The number of nitrogens with one attached hydrogen (secondary N) is 2. The predicted octanol–water partition coefficient (Wildman–Crippen LogP) is 4.38. The van der Waals surface area contributed by atoms with Gasteiger partial charge in [-0.15, -0.1) is 11.8 Å². The standard InChI is InChI=1S/C24H27N3O3S/c1-17-15-22(27-30-17)26-24(29)18(2)31-16-23(28)25-14-13-21(19-9-5-3-6-10-19)20-11-7-4-8-12-20/h3-12,15,18,21H,13-14,16H2,1-2H3,(H,25,28)(H,26,27,29). The number of rotatable bonds is 10. The summed E-state index contributed by atoms with van der Waals surface area (Å²) in [5.74, 6) is 1.15. The zero-order valence-electron chi connectivity index (χ0n) is 17.7. The maximum absolute atomic E-state index is 12.3. The Kier molecular flexibility index (Phi) is 8.29. The molecule has 0 spiro atoms. The second kappa shape index (κ2) is 11.4. The Balaban J connectivity index is 1.45. The Morgan fingerprint density at radius 3 is 2.19 bits per heavy atom. The minimum Gasteiger partial charge on any atom is -0.360 e. The number of nitrogens with zero attached hydrogens (tertiary/aromatic N) is 1. The molecule has 0 saturated carbocycles. The summed E-state index contributed by atoms with van der Waals surface area (Å²) < 4.78 is 4.94. The van der Waals surface area contributed by atoms with Gasteiger partial charge in [0.15, 0.2) is 5.82 Å². The van der Waals surface area contributed by atoms with E-state index in [1.807, 2.05) is 36.4 Å². The maximum atomic E-state index is 12.3. The summed E-state index contributed by atoms with van der Waals surface area (Å²) in [7, 11) is 0. The summed E-state index contributed by atoms with van der Waals surface area (Å²) in [4.78, 5) is 24.5. The monoisotopic (exact) mass is 437 g/mol. The molecule has 2 N–H and O–H groups in total. The van der Waals surface area contributed by atoms with Crippen LogP contribution in [-0.4, -0.2) is 34.5 Å². The number of hydrogen-bond donors (Lipinski definition) is 2. The van der Waals surface area contributed by atoms with Gasteiger partial charge in [0, 0.05) is 18.5 Å². The molecule has 0 radical (unpaired) electrons. The fourth-order valence-electron chi connectivity index (χ4n) is 3.23. The second-order valence-corrected chi connectivity index (χ2v) is 8.61. The average Bonchev–Trinajstić information content (AvgIpc) is 3.20. The molecule has 162 valence electrons. The molecule has 3 aromatic rings. The number of anilines is 1. The third-order valence-corrected chi connectivity index (χ3v) is 6.01. The van der Waals surface area contributed by atoms with Gasteiger partial charge in [0.05, 0.1) is 11.0 Å².